The fourth-order valence-electron chi connectivity index (χ4n) is 8.49. The highest BCUT2D eigenvalue weighted by atomic mass is 32.2. The van der Waals surface area contributed by atoms with Crippen LogP contribution in [-0.4, -0.2) is 131 Å². The van der Waals surface area contributed by atoms with Gasteiger partial charge in [-0.3, -0.25) is 9.59 Å². The third kappa shape index (κ3) is 12.5. The molecule has 22 heteroatoms. The summed E-state index contributed by atoms with van der Waals surface area (Å²) < 4.78 is 126. The number of benzene rings is 2. The maximum Gasteiger partial charge on any atom is 0.333 e. The summed E-state index contributed by atoms with van der Waals surface area (Å²) in [4.78, 5) is 43.1. The van der Waals surface area contributed by atoms with Crippen LogP contribution in [0.3, 0.4) is 0 Å². The third-order valence-corrected chi connectivity index (χ3v) is 14.4. The number of allylic oxidation sites excluding steroid dienone is 6. The quantitative estimate of drug-likeness (QED) is 0.0476. The van der Waals surface area contributed by atoms with E-state index in [1.807, 2.05) is 36.3 Å². The summed E-state index contributed by atoms with van der Waals surface area (Å²) in [6.07, 6.45) is 7.45. The summed E-state index contributed by atoms with van der Waals surface area (Å²) in [6.45, 7) is 9.43. The molecule has 0 radical (unpaired) electrons. The molecule has 362 valence electrons. The molecule has 0 N–H and O–H groups in total. The van der Waals surface area contributed by atoms with E-state index in [0.717, 1.165) is 0 Å². The van der Waals surface area contributed by atoms with Crippen LogP contribution in [-0.2, 0) is 74.6 Å². The number of anilines is 1. The van der Waals surface area contributed by atoms with Gasteiger partial charge in [0.2, 0.25) is 5.69 Å². The molecule has 3 aliphatic heterocycles. The number of ether oxygens (including phenoxy) is 3. The molecule has 0 spiro atoms. The summed E-state index contributed by atoms with van der Waals surface area (Å²) in [5.74, 6) is -2.69. The number of carbonyl (C=O) groups is 3. The lowest BCUT2D eigenvalue weighted by Crippen LogP contribution is -2.33. The van der Waals surface area contributed by atoms with Crippen molar-refractivity contribution in [1.82, 2.24) is 5.06 Å². The van der Waals surface area contributed by atoms with E-state index >= 15 is 0 Å². The zero-order valence-electron chi connectivity index (χ0n) is 37.5. The number of likely N-dealkylation sites (N-methyl/N-ethyl adjacent to an activating group) is 1. The number of methoxy groups -OCH3 is 1. The monoisotopic (exact) mass is 977 g/mol. The van der Waals surface area contributed by atoms with Crippen molar-refractivity contribution in [3.05, 3.63) is 83.1 Å². The van der Waals surface area contributed by atoms with Gasteiger partial charge < -0.3 is 37.6 Å². The maximum atomic E-state index is 12.8. The smallest absolute Gasteiger partial charge is 0.333 e. The van der Waals surface area contributed by atoms with Gasteiger partial charge in [-0.25, -0.2) is 30.0 Å². The first kappa shape index (κ1) is 52.3. The molecule has 2 aromatic rings. The van der Waals surface area contributed by atoms with Crippen LogP contribution in [0.25, 0.3) is 0 Å². The molecule has 5 rings (SSSR count). The van der Waals surface area contributed by atoms with Crippen LogP contribution in [0.2, 0.25) is 0 Å². The molecule has 3 aliphatic rings. The van der Waals surface area contributed by atoms with Gasteiger partial charge in [-0.1, -0.05) is 17.7 Å². The summed E-state index contributed by atoms with van der Waals surface area (Å²) in [5.41, 5.74) is 2.14. The van der Waals surface area contributed by atoms with Crippen LogP contribution in [0.5, 0.6) is 0 Å². The van der Waals surface area contributed by atoms with E-state index in [1.165, 1.54) is 36.4 Å². The SMILES string of the molecule is CCN1/C(=C/C=C(C)/C=C/C2=[N+](CCCC(=O)ON3C(=O)CCC3=O)c3ccc(S(=O)(=O)[O-])cc3C2(C)CCOCCOCCOC)C(C)(CCCS(=O)(=O)[O-])c2cc(S(=O)(=O)[O-])ccc21. The van der Waals surface area contributed by atoms with E-state index in [4.69, 9.17) is 19.0 Å². The Balaban J connectivity index is 1.54. The number of carbonyl (C=O) groups excluding carboxylic acids is 3. The molecule has 2 amide bonds. The highest BCUT2D eigenvalue weighted by molar-refractivity contribution is 7.86. The second-order valence-electron chi connectivity index (χ2n) is 16.5. The number of hydrogen-bond donors (Lipinski definition) is 0. The molecule has 0 bridgehead atoms. The molecular formula is C44H55N3O16S3-2. The average Bonchev–Trinajstić information content (AvgIpc) is 3.77. The van der Waals surface area contributed by atoms with Crippen molar-refractivity contribution in [2.45, 2.75) is 93.3 Å². The lowest BCUT2D eigenvalue weighted by atomic mass is 9.76. The van der Waals surface area contributed by atoms with Gasteiger partial charge in [-0.15, -0.1) is 5.06 Å². The van der Waals surface area contributed by atoms with Crippen molar-refractivity contribution in [3.8, 4) is 0 Å². The summed E-state index contributed by atoms with van der Waals surface area (Å²) in [5, 5.41) is 0.473. The molecule has 19 nitrogen and oxygen atoms in total. The normalized spacial score (nSPS) is 20.9. The Bertz CT molecular complexity index is 2640. The molecule has 1 fully saturated rings. The Labute approximate surface area is 385 Å². The topological polar surface area (TPSA) is 269 Å². The van der Waals surface area contributed by atoms with Crippen molar-refractivity contribution in [3.63, 3.8) is 0 Å². The highest BCUT2D eigenvalue weighted by Crippen LogP contribution is 2.51. The van der Waals surface area contributed by atoms with Gasteiger partial charge >= 0.3 is 5.97 Å². The lowest BCUT2D eigenvalue weighted by molar-refractivity contribution is -0.438. The number of hydrogen-bond acceptors (Lipinski definition) is 17. The van der Waals surface area contributed by atoms with Crippen molar-refractivity contribution < 1.29 is 76.9 Å². The third-order valence-electron chi connectivity index (χ3n) is 11.9. The first-order valence-electron chi connectivity index (χ1n) is 21.3. The molecule has 66 heavy (non-hydrogen) atoms. The molecule has 2 unspecified atom stereocenters. The lowest BCUT2D eigenvalue weighted by Gasteiger charge is -2.30. The molecule has 2 atom stereocenters. The van der Waals surface area contributed by atoms with Gasteiger partial charge in [0.25, 0.3) is 11.8 Å². The summed E-state index contributed by atoms with van der Waals surface area (Å²) in [6, 6.07) is 8.11. The van der Waals surface area contributed by atoms with Gasteiger partial charge in [0, 0.05) is 79.8 Å². The second-order valence-corrected chi connectivity index (χ2v) is 20.8. The fourth-order valence-corrected chi connectivity index (χ4v) is 9.98. The molecule has 0 saturated carbocycles. The van der Waals surface area contributed by atoms with Gasteiger partial charge in [-0.05, 0) is 88.9 Å². The predicted octanol–water partition coefficient (Wildman–Crippen LogP) is 3.82. The molecule has 1 saturated heterocycles. The Morgan fingerprint density at radius 3 is 2.03 bits per heavy atom. The molecule has 0 aliphatic carbocycles. The first-order valence-corrected chi connectivity index (χ1v) is 25.7. The van der Waals surface area contributed by atoms with E-state index in [2.05, 4.69) is 0 Å². The average molecular weight is 978 g/mol. The van der Waals surface area contributed by atoms with Crippen molar-refractivity contribution >= 4 is 65.2 Å². The van der Waals surface area contributed by atoms with E-state index in [1.54, 1.807) is 32.3 Å². The van der Waals surface area contributed by atoms with E-state index in [9.17, 15) is 53.3 Å². The van der Waals surface area contributed by atoms with Gasteiger partial charge in [0.1, 0.15) is 26.8 Å². The zero-order valence-corrected chi connectivity index (χ0v) is 39.9. The number of nitrogens with zero attached hydrogens (tertiary/aromatic N) is 3. The Morgan fingerprint density at radius 2 is 1.42 bits per heavy atom. The van der Waals surface area contributed by atoms with Crippen LogP contribution in [0, 0.1) is 0 Å². The van der Waals surface area contributed by atoms with Crippen LogP contribution in [0.1, 0.15) is 83.8 Å². The summed E-state index contributed by atoms with van der Waals surface area (Å²) in [7, 11) is -12.8. The van der Waals surface area contributed by atoms with Crippen LogP contribution >= 0.6 is 0 Å². The fraction of sp³-hybridized carbons (Fsp3) is 0.500. The molecule has 2 aromatic carbocycles. The zero-order chi connectivity index (χ0) is 48.7. The Kier molecular flexibility index (Phi) is 17.1. The largest absolute Gasteiger partial charge is 0.748 e. The number of imide groups is 1. The highest BCUT2D eigenvalue weighted by Gasteiger charge is 2.48. The van der Waals surface area contributed by atoms with Crippen LogP contribution < -0.4 is 4.90 Å². The molecule has 0 aromatic heterocycles. The summed E-state index contributed by atoms with van der Waals surface area (Å²) >= 11 is 0. The van der Waals surface area contributed by atoms with Gasteiger partial charge in [-0.2, -0.15) is 4.58 Å². The maximum absolute atomic E-state index is 12.8. The van der Waals surface area contributed by atoms with Crippen LogP contribution in [0.15, 0.2) is 81.8 Å². The van der Waals surface area contributed by atoms with Gasteiger partial charge in [0.05, 0.1) is 58.2 Å². The number of amides is 2. The molecular weight excluding hydrogens is 923 g/mol. The molecule has 3 heterocycles. The van der Waals surface area contributed by atoms with E-state index in [-0.39, 0.29) is 64.9 Å². The Morgan fingerprint density at radius 1 is 0.818 bits per heavy atom. The number of hydroxylamine groups is 2. The predicted molar refractivity (Wildman–Crippen MR) is 236 cm³/mol. The van der Waals surface area contributed by atoms with Gasteiger partial charge in [0.15, 0.2) is 5.71 Å². The number of rotatable bonds is 24. The van der Waals surface area contributed by atoms with Crippen LogP contribution in [0.4, 0.5) is 11.4 Å². The van der Waals surface area contributed by atoms with Crippen molar-refractivity contribution in [1.29, 1.82) is 0 Å². The standard InChI is InChI=1S/C44H57N3O16S3/c1-6-45-36-14-12-32(65(54,55)56)29-34(36)43(3,20-8-28-64(51,52)53)38(45)16-10-31(2)11-17-39-44(4,21-23-61-26-27-62-25-24-60-5)35-30-33(66(57,58)59)13-15-37(35)46(39)22-7-9-42(50)63-47-40(48)18-19-41(47)49/h10-17,29-30H,6-9,18-28H2,1-5H3,(H2-,51,52,53,54,55,56,57,58,59)/p-2. The Hall–Kier alpha value is -4.65. The minimum absolute atomic E-state index is 0.0486. The van der Waals surface area contributed by atoms with Crippen molar-refractivity contribution in [2.24, 2.45) is 0 Å². The van der Waals surface area contributed by atoms with Crippen molar-refractivity contribution in [2.75, 3.05) is 63.9 Å². The minimum atomic E-state index is -4.88. The first-order chi connectivity index (χ1) is 30.9. The number of fused-ring (bicyclic) bond motifs is 2. The van der Waals surface area contributed by atoms with E-state index < -0.39 is 74.5 Å². The second kappa shape index (κ2) is 21.5. The minimum Gasteiger partial charge on any atom is -0.748 e. The van der Waals surface area contributed by atoms with E-state index in [0.29, 0.717) is 70.7 Å².